The van der Waals surface area contributed by atoms with Crippen molar-refractivity contribution in [2.24, 2.45) is 5.73 Å². The molecule has 2 amide bonds. The summed E-state index contributed by atoms with van der Waals surface area (Å²) in [5.74, 6) is -1.04. The van der Waals surface area contributed by atoms with Crippen molar-refractivity contribution in [2.75, 3.05) is 11.9 Å². The normalized spacial score (nSPS) is 11.6. The van der Waals surface area contributed by atoms with Crippen LogP contribution in [0.1, 0.15) is 34.1 Å². The summed E-state index contributed by atoms with van der Waals surface area (Å²) < 4.78 is 12.8. The lowest BCUT2D eigenvalue weighted by molar-refractivity contribution is 0.0935. The van der Waals surface area contributed by atoms with E-state index in [0.717, 1.165) is 12.4 Å². The van der Waals surface area contributed by atoms with Gasteiger partial charge in [-0.15, -0.1) is 0 Å². The Kier molecular flexibility index (Phi) is 5.78. The second-order valence-corrected chi connectivity index (χ2v) is 5.13. The third kappa shape index (κ3) is 4.73. The summed E-state index contributed by atoms with van der Waals surface area (Å²) in [6.45, 7) is 2.32. The molecule has 2 rings (SSSR count). The molecule has 126 valence electrons. The van der Waals surface area contributed by atoms with Crippen LogP contribution in [-0.2, 0) is 0 Å². The van der Waals surface area contributed by atoms with Gasteiger partial charge in [0.1, 0.15) is 0 Å². The van der Waals surface area contributed by atoms with E-state index >= 15 is 0 Å². The summed E-state index contributed by atoms with van der Waals surface area (Å²) >= 11 is 0. The quantitative estimate of drug-likeness (QED) is 0.709. The summed E-state index contributed by atoms with van der Waals surface area (Å²) in [5, 5.41) is 5.81. The van der Waals surface area contributed by atoms with Crippen molar-refractivity contribution in [3.63, 3.8) is 0 Å². The number of hydrogen-bond donors (Lipinski definition) is 3. The molecule has 0 aliphatic rings. The van der Waals surface area contributed by atoms with Crippen molar-refractivity contribution in [2.45, 2.75) is 19.4 Å². The van der Waals surface area contributed by atoms with Crippen LogP contribution in [0.2, 0.25) is 0 Å². The first-order valence-electron chi connectivity index (χ1n) is 7.41. The highest BCUT2D eigenvalue weighted by Gasteiger charge is 2.13. The zero-order valence-corrected chi connectivity index (χ0v) is 13.1. The molecule has 0 spiro atoms. The first-order valence-corrected chi connectivity index (χ1v) is 7.41. The highest BCUT2D eigenvalue weighted by Crippen LogP contribution is 2.05. The number of rotatable bonds is 7. The molecule has 1 aromatic carbocycles. The van der Waals surface area contributed by atoms with Crippen LogP contribution < -0.4 is 16.4 Å². The lowest BCUT2D eigenvalue weighted by Crippen LogP contribution is -2.39. The zero-order valence-electron chi connectivity index (χ0n) is 13.1. The van der Waals surface area contributed by atoms with Crippen LogP contribution in [0.25, 0.3) is 0 Å². The summed E-state index contributed by atoms with van der Waals surface area (Å²) in [7, 11) is 0. The maximum Gasteiger partial charge on any atom is 0.251 e. The Labute approximate surface area is 138 Å². The fourth-order valence-corrected chi connectivity index (χ4v) is 1.97. The summed E-state index contributed by atoms with van der Waals surface area (Å²) in [6, 6.07) is 5.92. The van der Waals surface area contributed by atoms with Crippen LogP contribution in [0.5, 0.6) is 0 Å². The molecule has 2 aromatic rings. The van der Waals surface area contributed by atoms with Gasteiger partial charge >= 0.3 is 0 Å². The van der Waals surface area contributed by atoms with E-state index in [1.165, 1.54) is 12.1 Å². The number of primary amides is 1. The number of nitrogens with zero attached hydrogens (tertiary/aromatic N) is 2. The second kappa shape index (κ2) is 8.00. The predicted molar refractivity (Wildman–Crippen MR) is 87.0 cm³/mol. The van der Waals surface area contributed by atoms with Gasteiger partial charge in [0.05, 0.1) is 12.4 Å². The Morgan fingerprint density at radius 2 is 1.75 bits per heavy atom. The van der Waals surface area contributed by atoms with E-state index in [-0.39, 0.29) is 17.9 Å². The Morgan fingerprint density at radius 3 is 2.29 bits per heavy atom. The fraction of sp³-hybridized carbons (Fsp3) is 0.250. The average molecular weight is 331 g/mol. The Hall–Kier alpha value is -3.03. The number of aromatic nitrogens is 2. The number of carbonyl (C=O) groups is 2. The monoisotopic (exact) mass is 331 g/mol. The van der Waals surface area contributed by atoms with Gasteiger partial charge in [-0.05, 0) is 30.7 Å². The van der Waals surface area contributed by atoms with Gasteiger partial charge in [-0.25, -0.2) is 14.4 Å². The van der Waals surface area contributed by atoms with Crippen LogP contribution in [0.3, 0.4) is 0 Å². The molecule has 0 aliphatic heterocycles. The lowest BCUT2D eigenvalue weighted by atomic mass is 10.1. The fourth-order valence-electron chi connectivity index (χ4n) is 1.97. The van der Waals surface area contributed by atoms with Gasteiger partial charge < -0.3 is 16.4 Å². The topological polar surface area (TPSA) is 110 Å². The minimum atomic E-state index is -0.545. The number of nitrogens with two attached hydrogens (primary N) is 1. The first-order chi connectivity index (χ1) is 11.5. The van der Waals surface area contributed by atoms with Gasteiger partial charge in [0.15, 0.2) is 5.82 Å². The summed E-state index contributed by atoms with van der Waals surface area (Å²) in [5.41, 5.74) is 5.93. The summed E-state index contributed by atoms with van der Waals surface area (Å²) in [4.78, 5) is 30.8. The zero-order chi connectivity index (χ0) is 17.5. The van der Waals surface area contributed by atoms with E-state index < -0.39 is 11.7 Å². The minimum Gasteiger partial charge on any atom is -0.366 e. The predicted octanol–water partition coefficient (Wildman–Crippen LogP) is 1.34. The van der Waals surface area contributed by atoms with Gasteiger partial charge in [0.25, 0.3) is 5.91 Å². The molecule has 1 heterocycles. The lowest BCUT2D eigenvalue weighted by Gasteiger charge is -2.17. The molecule has 8 heteroatoms. The SMILES string of the molecule is CCC(CNc1ncc(F)cn1)NC(=O)c1ccc(C(N)=O)cc1. The van der Waals surface area contributed by atoms with Crippen LogP contribution in [0.4, 0.5) is 10.3 Å². The molecular formula is C16H18FN5O2. The van der Waals surface area contributed by atoms with E-state index in [1.807, 2.05) is 6.92 Å². The molecule has 24 heavy (non-hydrogen) atoms. The van der Waals surface area contributed by atoms with Gasteiger partial charge in [-0.3, -0.25) is 9.59 Å². The maximum absolute atomic E-state index is 12.8. The number of halogens is 1. The van der Waals surface area contributed by atoms with Gasteiger partial charge in [0, 0.05) is 23.7 Å². The molecular weight excluding hydrogens is 313 g/mol. The van der Waals surface area contributed by atoms with Gasteiger partial charge in [-0.1, -0.05) is 6.92 Å². The van der Waals surface area contributed by atoms with Crippen LogP contribution in [0, 0.1) is 5.82 Å². The third-order valence-electron chi connectivity index (χ3n) is 3.39. The molecule has 0 bridgehead atoms. The standard InChI is InChI=1S/C16H18FN5O2/c1-2-13(9-21-16-19-7-12(17)8-20-16)22-15(24)11-5-3-10(4-6-11)14(18)23/h3-8,13H,2,9H2,1H3,(H2,18,23)(H,22,24)(H,19,20,21). The Morgan fingerprint density at radius 1 is 1.17 bits per heavy atom. The van der Waals surface area contributed by atoms with Crippen molar-refractivity contribution < 1.29 is 14.0 Å². The van der Waals surface area contributed by atoms with Crippen molar-refractivity contribution in [1.29, 1.82) is 0 Å². The van der Waals surface area contributed by atoms with Crippen molar-refractivity contribution >= 4 is 17.8 Å². The highest BCUT2D eigenvalue weighted by atomic mass is 19.1. The van der Waals surface area contributed by atoms with Gasteiger partial charge in [0.2, 0.25) is 11.9 Å². The molecule has 7 nitrogen and oxygen atoms in total. The first kappa shape index (κ1) is 17.3. The maximum atomic E-state index is 12.8. The number of carbonyl (C=O) groups excluding carboxylic acids is 2. The molecule has 1 unspecified atom stereocenters. The van der Waals surface area contributed by atoms with Crippen molar-refractivity contribution in [1.82, 2.24) is 15.3 Å². The van der Waals surface area contributed by atoms with Gasteiger partial charge in [-0.2, -0.15) is 0 Å². The van der Waals surface area contributed by atoms with E-state index in [9.17, 15) is 14.0 Å². The molecule has 0 radical (unpaired) electrons. The molecule has 1 aromatic heterocycles. The van der Waals surface area contributed by atoms with E-state index in [4.69, 9.17) is 5.73 Å². The number of anilines is 1. The number of benzene rings is 1. The van der Waals surface area contributed by atoms with Crippen LogP contribution in [-0.4, -0.2) is 34.4 Å². The molecule has 0 saturated carbocycles. The smallest absolute Gasteiger partial charge is 0.251 e. The highest BCUT2D eigenvalue weighted by molar-refractivity contribution is 5.97. The number of amides is 2. The number of hydrogen-bond acceptors (Lipinski definition) is 5. The van der Waals surface area contributed by atoms with E-state index in [2.05, 4.69) is 20.6 Å². The van der Waals surface area contributed by atoms with E-state index in [1.54, 1.807) is 12.1 Å². The molecule has 1 atom stereocenters. The van der Waals surface area contributed by atoms with Crippen LogP contribution >= 0.6 is 0 Å². The van der Waals surface area contributed by atoms with Crippen molar-refractivity contribution in [3.05, 3.63) is 53.6 Å². The Bertz CT molecular complexity index is 703. The molecule has 0 fully saturated rings. The Balaban J connectivity index is 1.92. The number of nitrogens with one attached hydrogen (secondary N) is 2. The van der Waals surface area contributed by atoms with Crippen LogP contribution in [0.15, 0.2) is 36.7 Å². The van der Waals surface area contributed by atoms with Crippen molar-refractivity contribution in [3.8, 4) is 0 Å². The minimum absolute atomic E-state index is 0.165. The average Bonchev–Trinajstić information content (AvgIpc) is 2.59. The molecule has 0 aliphatic carbocycles. The molecule has 4 N–H and O–H groups in total. The van der Waals surface area contributed by atoms with E-state index in [0.29, 0.717) is 24.1 Å². The summed E-state index contributed by atoms with van der Waals surface area (Å²) in [6.07, 6.45) is 2.81. The second-order valence-electron chi connectivity index (χ2n) is 5.13. The molecule has 0 saturated heterocycles. The largest absolute Gasteiger partial charge is 0.366 e. The third-order valence-corrected chi connectivity index (χ3v) is 3.39.